The fourth-order valence-electron chi connectivity index (χ4n) is 2.02. The zero-order valence-electron chi connectivity index (χ0n) is 13.1. The van der Waals surface area contributed by atoms with Crippen LogP contribution in [0.1, 0.15) is 26.5 Å². The second kappa shape index (κ2) is 6.43. The molecule has 0 radical (unpaired) electrons. The number of nitrogens with zero attached hydrogens (tertiary/aromatic N) is 2. The van der Waals surface area contributed by atoms with Crippen LogP contribution in [0.2, 0.25) is 0 Å². The normalized spacial score (nSPS) is 11.8. The number of methoxy groups -OCH3 is 1. The summed E-state index contributed by atoms with van der Waals surface area (Å²) in [5.74, 6) is 0.0827. The number of ether oxygens (including phenoxy) is 2. The van der Waals surface area contributed by atoms with E-state index in [-0.39, 0.29) is 12.1 Å². The summed E-state index contributed by atoms with van der Waals surface area (Å²) in [7, 11) is 1.54. The predicted molar refractivity (Wildman–Crippen MR) is 84.5 cm³/mol. The average molecular weight is 301 g/mol. The van der Waals surface area contributed by atoms with E-state index in [2.05, 4.69) is 21.8 Å². The lowest BCUT2D eigenvalue weighted by Gasteiger charge is -2.08. The molecule has 1 N–H and O–H groups in total. The van der Waals surface area contributed by atoms with Crippen molar-refractivity contribution < 1.29 is 14.3 Å². The molecule has 6 nitrogen and oxygen atoms in total. The molecule has 0 aromatic carbocycles. The van der Waals surface area contributed by atoms with Gasteiger partial charge in [0.05, 0.1) is 24.1 Å². The number of allylic oxidation sites excluding steroid dienone is 2. The van der Waals surface area contributed by atoms with Crippen LogP contribution < -0.4 is 4.74 Å². The summed E-state index contributed by atoms with van der Waals surface area (Å²) in [6.07, 6.45) is 3.11. The van der Waals surface area contributed by atoms with Gasteiger partial charge in [-0.15, -0.1) is 0 Å². The Bertz CT molecular complexity index is 744. The average Bonchev–Trinajstić information content (AvgIpc) is 2.90. The lowest BCUT2D eigenvalue weighted by molar-refractivity contribution is -0.142. The van der Waals surface area contributed by atoms with E-state index in [9.17, 15) is 4.79 Å². The molecule has 0 saturated heterocycles. The molecule has 0 aliphatic rings. The lowest BCUT2D eigenvalue weighted by atomic mass is 10.1. The summed E-state index contributed by atoms with van der Waals surface area (Å²) >= 11 is 0. The highest BCUT2D eigenvalue weighted by Crippen LogP contribution is 2.29. The molecule has 0 atom stereocenters. The highest BCUT2D eigenvalue weighted by Gasteiger charge is 2.15. The summed E-state index contributed by atoms with van der Waals surface area (Å²) in [6, 6.07) is 1.80. The van der Waals surface area contributed by atoms with E-state index in [1.807, 2.05) is 0 Å². The van der Waals surface area contributed by atoms with Crippen LogP contribution in [0.15, 0.2) is 30.5 Å². The third-order valence-corrected chi connectivity index (χ3v) is 2.99. The van der Waals surface area contributed by atoms with Gasteiger partial charge in [0, 0.05) is 11.8 Å². The van der Waals surface area contributed by atoms with E-state index in [1.165, 1.54) is 0 Å². The zero-order valence-corrected chi connectivity index (χ0v) is 13.1. The first kappa shape index (κ1) is 15.8. The lowest BCUT2D eigenvalue weighted by Crippen LogP contribution is -2.12. The Labute approximate surface area is 128 Å². The van der Waals surface area contributed by atoms with E-state index < -0.39 is 0 Å². The van der Waals surface area contributed by atoms with E-state index in [0.717, 1.165) is 10.9 Å². The Morgan fingerprint density at radius 3 is 2.82 bits per heavy atom. The standard InChI is InChI=1S/C16H19N3O3/c1-9(2)22-16(20)11(4)8-10(3)14-13-12(18-19-14)6-7-17-15(13)21-5/h6-9H,3H2,1-2,4-5H3,(H,18,19)/b11-8+. The van der Waals surface area contributed by atoms with Gasteiger partial charge in [-0.1, -0.05) is 6.58 Å². The van der Waals surface area contributed by atoms with E-state index in [0.29, 0.717) is 22.7 Å². The van der Waals surface area contributed by atoms with Crippen LogP contribution in [0.4, 0.5) is 0 Å². The van der Waals surface area contributed by atoms with Crippen molar-refractivity contribution in [2.75, 3.05) is 7.11 Å². The summed E-state index contributed by atoms with van der Waals surface area (Å²) in [5, 5.41) is 7.87. The minimum atomic E-state index is -0.374. The number of hydrogen-bond donors (Lipinski definition) is 1. The maximum absolute atomic E-state index is 11.8. The second-order valence-corrected chi connectivity index (χ2v) is 5.12. The Kier molecular flexibility index (Phi) is 4.60. The number of nitrogens with one attached hydrogen (secondary N) is 1. The molecule has 2 aromatic heterocycles. The van der Waals surface area contributed by atoms with Crippen LogP contribution in [0.5, 0.6) is 5.88 Å². The molecule has 0 unspecified atom stereocenters. The van der Waals surface area contributed by atoms with Crippen molar-refractivity contribution in [1.82, 2.24) is 15.2 Å². The third-order valence-electron chi connectivity index (χ3n) is 2.99. The molecule has 0 aliphatic carbocycles. The minimum Gasteiger partial charge on any atom is -0.480 e. The molecular formula is C16H19N3O3. The van der Waals surface area contributed by atoms with Gasteiger partial charge < -0.3 is 9.47 Å². The molecule has 6 heteroatoms. The van der Waals surface area contributed by atoms with Gasteiger partial charge in [-0.05, 0) is 38.5 Å². The van der Waals surface area contributed by atoms with Crippen molar-refractivity contribution in [3.05, 3.63) is 36.2 Å². The Morgan fingerprint density at radius 1 is 1.45 bits per heavy atom. The maximum Gasteiger partial charge on any atom is 0.333 e. The van der Waals surface area contributed by atoms with Crippen molar-refractivity contribution in [1.29, 1.82) is 0 Å². The van der Waals surface area contributed by atoms with Gasteiger partial charge >= 0.3 is 5.97 Å². The monoisotopic (exact) mass is 301 g/mol. The molecular weight excluding hydrogens is 282 g/mol. The predicted octanol–water partition coefficient (Wildman–Crippen LogP) is 2.88. The molecule has 0 amide bonds. The largest absolute Gasteiger partial charge is 0.480 e. The van der Waals surface area contributed by atoms with E-state index in [1.54, 1.807) is 46.2 Å². The number of carbonyl (C=O) groups is 1. The third kappa shape index (κ3) is 3.16. The van der Waals surface area contributed by atoms with Crippen molar-refractivity contribution >= 4 is 22.4 Å². The number of carbonyl (C=O) groups excluding carboxylic acids is 1. The first-order chi connectivity index (χ1) is 10.4. The molecule has 22 heavy (non-hydrogen) atoms. The van der Waals surface area contributed by atoms with Gasteiger partial charge in [0.25, 0.3) is 0 Å². The van der Waals surface area contributed by atoms with Crippen molar-refractivity contribution in [3.8, 4) is 5.88 Å². The fourth-order valence-corrected chi connectivity index (χ4v) is 2.02. The van der Waals surface area contributed by atoms with Crippen LogP contribution in [0.3, 0.4) is 0 Å². The Morgan fingerprint density at radius 2 is 2.18 bits per heavy atom. The van der Waals surface area contributed by atoms with Crippen LogP contribution in [-0.2, 0) is 9.53 Å². The molecule has 2 aromatic rings. The van der Waals surface area contributed by atoms with E-state index >= 15 is 0 Å². The van der Waals surface area contributed by atoms with Gasteiger partial charge in [0.1, 0.15) is 5.69 Å². The molecule has 0 spiro atoms. The number of esters is 1. The molecule has 116 valence electrons. The van der Waals surface area contributed by atoms with Gasteiger partial charge in [0.15, 0.2) is 0 Å². The first-order valence-corrected chi connectivity index (χ1v) is 6.89. The van der Waals surface area contributed by atoms with Crippen molar-refractivity contribution in [3.63, 3.8) is 0 Å². The number of hydrogen-bond acceptors (Lipinski definition) is 5. The number of H-pyrrole nitrogens is 1. The molecule has 2 heterocycles. The van der Waals surface area contributed by atoms with Crippen LogP contribution in [0.25, 0.3) is 16.5 Å². The van der Waals surface area contributed by atoms with Crippen molar-refractivity contribution in [2.24, 2.45) is 0 Å². The Hall–Kier alpha value is -2.63. The molecule has 0 saturated carbocycles. The number of pyridine rings is 1. The van der Waals surface area contributed by atoms with Crippen LogP contribution in [-0.4, -0.2) is 34.4 Å². The quantitative estimate of drug-likeness (QED) is 0.522. The van der Waals surface area contributed by atoms with Crippen LogP contribution >= 0.6 is 0 Å². The number of aromatic nitrogens is 3. The van der Waals surface area contributed by atoms with Crippen molar-refractivity contribution in [2.45, 2.75) is 26.9 Å². The smallest absolute Gasteiger partial charge is 0.333 e. The molecule has 0 fully saturated rings. The van der Waals surface area contributed by atoms with Gasteiger partial charge in [-0.25, -0.2) is 9.78 Å². The maximum atomic E-state index is 11.8. The number of aromatic amines is 1. The van der Waals surface area contributed by atoms with Gasteiger partial charge in [-0.3, -0.25) is 5.10 Å². The van der Waals surface area contributed by atoms with E-state index in [4.69, 9.17) is 9.47 Å². The summed E-state index contributed by atoms with van der Waals surface area (Å²) in [5.41, 5.74) is 2.42. The highest BCUT2D eigenvalue weighted by atomic mass is 16.5. The zero-order chi connectivity index (χ0) is 16.3. The summed E-state index contributed by atoms with van der Waals surface area (Å²) < 4.78 is 10.4. The first-order valence-electron chi connectivity index (χ1n) is 6.89. The topological polar surface area (TPSA) is 77.1 Å². The SMILES string of the molecule is C=C(/C=C(\C)C(=O)OC(C)C)c1n[nH]c2ccnc(OC)c12. The number of fused-ring (bicyclic) bond motifs is 1. The summed E-state index contributed by atoms with van der Waals surface area (Å²) in [4.78, 5) is 16.0. The molecule has 0 bridgehead atoms. The second-order valence-electron chi connectivity index (χ2n) is 5.12. The van der Waals surface area contributed by atoms with Gasteiger partial charge in [0.2, 0.25) is 5.88 Å². The highest BCUT2D eigenvalue weighted by molar-refractivity contribution is 5.98. The fraction of sp³-hybridized carbons (Fsp3) is 0.312. The van der Waals surface area contributed by atoms with Crippen LogP contribution in [0, 0.1) is 0 Å². The molecule has 2 rings (SSSR count). The number of rotatable bonds is 5. The summed E-state index contributed by atoms with van der Waals surface area (Å²) in [6.45, 7) is 9.26. The molecule has 0 aliphatic heterocycles. The minimum absolute atomic E-state index is 0.167. The van der Waals surface area contributed by atoms with Gasteiger partial charge in [-0.2, -0.15) is 5.10 Å². The Balaban J connectivity index is 2.36.